The standard InChI is InChI=1S/C17H13N3O5/c21-17(13-7-8-15-16(10-13)25-11-24-15)19-18-9-3-5-12-4-1-2-6-14(12)20(22)23/h1-10H,11H2,(H,19,21)/b5-3+,18-9+. The number of nitro benzene ring substituents is 1. The molecular formula is C17H13N3O5. The molecule has 1 aliphatic heterocycles. The molecule has 0 saturated heterocycles. The first-order valence-electron chi connectivity index (χ1n) is 7.28. The molecule has 0 unspecified atom stereocenters. The van der Waals surface area contributed by atoms with Crippen molar-refractivity contribution in [3.8, 4) is 11.5 Å². The molecule has 0 aliphatic carbocycles. The van der Waals surface area contributed by atoms with Crippen molar-refractivity contribution >= 4 is 23.9 Å². The maximum atomic E-state index is 12.0. The maximum absolute atomic E-state index is 12.0. The highest BCUT2D eigenvalue weighted by Crippen LogP contribution is 2.32. The Morgan fingerprint density at radius 3 is 2.84 bits per heavy atom. The molecule has 126 valence electrons. The van der Waals surface area contributed by atoms with Crippen LogP contribution in [0.25, 0.3) is 6.08 Å². The molecule has 8 nitrogen and oxygen atoms in total. The normalized spacial score (nSPS) is 12.6. The van der Waals surface area contributed by atoms with Gasteiger partial charge in [-0.1, -0.05) is 12.1 Å². The molecule has 1 N–H and O–H groups in total. The number of hydrogen-bond acceptors (Lipinski definition) is 6. The van der Waals surface area contributed by atoms with E-state index in [4.69, 9.17) is 9.47 Å². The summed E-state index contributed by atoms with van der Waals surface area (Å²) in [7, 11) is 0. The van der Waals surface area contributed by atoms with Crippen LogP contribution in [0.5, 0.6) is 11.5 Å². The number of amides is 1. The Hall–Kier alpha value is -3.68. The summed E-state index contributed by atoms with van der Waals surface area (Å²) >= 11 is 0. The molecule has 0 bridgehead atoms. The number of nitrogens with one attached hydrogen (secondary N) is 1. The van der Waals surface area contributed by atoms with Crippen LogP contribution in [0.15, 0.2) is 53.6 Å². The lowest BCUT2D eigenvalue weighted by Crippen LogP contribution is -2.17. The number of allylic oxidation sites excluding steroid dienone is 1. The number of hydrazone groups is 1. The van der Waals surface area contributed by atoms with Crippen molar-refractivity contribution in [2.75, 3.05) is 6.79 Å². The van der Waals surface area contributed by atoms with Gasteiger partial charge in [-0.05, 0) is 36.4 Å². The van der Waals surface area contributed by atoms with E-state index in [0.717, 1.165) is 0 Å². The van der Waals surface area contributed by atoms with E-state index >= 15 is 0 Å². The number of nitro groups is 1. The maximum Gasteiger partial charge on any atom is 0.276 e. The van der Waals surface area contributed by atoms with Crippen molar-refractivity contribution in [3.63, 3.8) is 0 Å². The molecule has 0 fully saturated rings. The molecule has 8 heteroatoms. The van der Waals surface area contributed by atoms with Crippen molar-refractivity contribution in [1.29, 1.82) is 0 Å². The van der Waals surface area contributed by atoms with Gasteiger partial charge in [-0.2, -0.15) is 5.10 Å². The Labute approximate surface area is 142 Å². The topological polar surface area (TPSA) is 103 Å². The number of hydrogen-bond donors (Lipinski definition) is 1. The van der Waals surface area contributed by atoms with Crippen LogP contribution in [-0.2, 0) is 0 Å². The largest absolute Gasteiger partial charge is 0.454 e. The molecule has 0 radical (unpaired) electrons. The van der Waals surface area contributed by atoms with E-state index in [-0.39, 0.29) is 12.5 Å². The minimum Gasteiger partial charge on any atom is -0.454 e. The number of carbonyl (C=O) groups excluding carboxylic acids is 1. The number of para-hydroxylation sites is 1. The Morgan fingerprint density at radius 1 is 1.20 bits per heavy atom. The minimum atomic E-state index is -0.460. The molecule has 1 aliphatic rings. The summed E-state index contributed by atoms with van der Waals surface area (Å²) in [5.41, 5.74) is 3.18. The highest BCUT2D eigenvalue weighted by Gasteiger charge is 2.15. The van der Waals surface area contributed by atoms with Gasteiger partial charge >= 0.3 is 0 Å². The van der Waals surface area contributed by atoms with Gasteiger partial charge in [0.1, 0.15) is 0 Å². The molecule has 2 aromatic carbocycles. The van der Waals surface area contributed by atoms with Gasteiger partial charge in [0, 0.05) is 17.8 Å². The summed E-state index contributed by atoms with van der Waals surface area (Å²) in [4.78, 5) is 22.4. The predicted octanol–water partition coefficient (Wildman–Crippen LogP) is 2.75. The monoisotopic (exact) mass is 339 g/mol. The third-order valence-corrected chi connectivity index (χ3v) is 3.37. The van der Waals surface area contributed by atoms with E-state index in [9.17, 15) is 14.9 Å². The Kier molecular flexibility index (Phi) is 4.70. The summed E-state index contributed by atoms with van der Waals surface area (Å²) < 4.78 is 10.4. The zero-order valence-electron chi connectivity index (χ0n) is 12.9. The average Bonchev–Trinajstić information content (AvgIpc) is 3.09. The SMILES string of the molecule is O=C(N/N=C/C=C/c1ccccc1[N+](=O)[O-])c1ccc2c(c1)OCO2. The van der Waals surface area contributed by atoms with Crippen LogP contribution in [-0.4, -0.2) is 23.8 Å². The summed E-state index contributed by atoms with van der Waals surface area (Å²) in [5.74, 6) is 0.689. The van der Waals surface area contributed by atoms with Gasteiger partial charge in [0.05, 0.1) is 10.5 Å². The van der Waals surface area contributed by atoms with Crippen LogP contribution < -0.4 is 14.9 Å². The number of nitrogens with zero attached hydrogens (tertiary/aromatic N) is 2. The molecule has 3 rings (SSSR count). The highest BCUT2D eigenvalue weighted by molar-refractivity contribution is 5.95. The van der Waals surface area contributed by atoms with Crippen LogP contribution in [0.1, 0.15) is 15.9 Å². The quantitative estimate of drug-likeness (QED) is 0.512. The van der Waals surface area contributed by atoms with Crippen LogP contribution in [0.3, 0.4) is 0 Å². The van der Waals surface area contributed by atoms with E-state index in [1.165, 1.54) is 24.4 Å². The fourth-order valence-electron chi connectivity index (χ4n) is 2.18. The third-order valence-electron chi connectivity index (χ3n) is 3.37. The van der Waals surface area contributed by atoms with Crippen LogP contribution >= 0.6 is 0 Å². The molecule has 0 atom stereocenters. The fourth-order valence-corrected chi connectivity index (χ4v) is 2.18. The molecule has 0 spiro atoms. The van der Waals surface area contributed by atoms with E-state index < -0.39 is 10.8 Å². The zero-order valence-corrected chi connectivity index (χ0v) is 12.9. The Morgan fingerprint density at radius 2 is 2.00 bits per heavy atom. The second-order valence-electron chi connectivity index (χ2n) is 4.96. The van der Waals surface area contributed by atoms with Crippen molar-refractivity contribution < 1.29 is 19.2 Å². The van der Waals surface area contributed by atoms with Crippen molar-refractivity contribution in [2.45, 2.75) is 0 Å². The predicted molar refractivity (Wildman–Crippen MR) is 90.7 cm³/mol. The Bertz CT molecular complexity index is 876. The Balaban J connectivity index is 1.60. The number of fused-ring (bicyclic) bond motifs is 1. The van der Waals surface area contributed by atoms with E-state index in [2.05, 4.69) is 10.5 Å². The van der Waals surface area contributed by atoms with Gasteiger partial charge in [0.2, 0.25) is 6.79 Å². The number of rotatable bonds is 5. The first kappa shape index (κ1) is 16.2. The third kappa shape index (κ3) is 3.81. The van der Waals surface area contributed by atoms with Gasteiger partial charge in [-0.3, -0.25) is 14.9 Å². The zero-order chi connectivity index (χ0) is 17.6. The fraction of sp³-hybridized carbons (Fsp3) is 0.0588. The molecule has 2 aromatic rings. The molecule has 0 aromatic heterocycles. The summed E-state index contributed by atoms with van der Waals surface area (Å²) in [6.07, 6.45) is 4.37. The van der Waals surface area contributed by atoms with Crippen LogP contribution in [0.2, 0.25) is 0 Å². The second-order valence-corrected chi connectivity index (χ2v) is 4.96. The molecule has 1 heterocycles. The summed E-state index contributed by atoms with van der Waals surface area (Å²) in [6, 6.07) is 11.1. The van der Waals surface area contributed by atoms with Crippen molar-refractivity contribution in [2.24, 2.45) is 5.10 Å². The van der Waals surface area contributed by atoms with Crippen molar-refractivity contribution in [1.82, 2.24) is 5.43 Å². The van der Waals surface area contributed by atoms with Gasteiger partial charge in [0.15, 0.2) is 11.5 Å². The summed E-state index contributed by atoms with van der Waals surface area (Å²) in [5, 5.41) is 14.7. The smallest absolute Gasteiger partial charge is 0.276 e. The molecule has 25 heavy (non-hydrogen) atoms. The van der Waals surface area contributed by atoms with Gasteiger partial charge < -0.3 is 9.47 Å². The number of benzene rings is 2. The van der Waals surface area contributed by atoms with Crippen LogP contribution in [0.4, 0.5) is 5.69 Å². The lowest BCUT2D eigenvalue weighted by atomic mass is 10.1. The average molecular weight is 339 g/mol. The first-order valence-corrected chi connectivity index (χ1v) is 7.28. The van der Waals surface area contributed by atoms with E-state index in [0.29, 0.717) is 22.6 Å². The van der Waals surface area contributed by atoms with Gasteiger partial charge in [0.25, 0.3) is 11.6 Å². The molecular weight excluding hydrogens is 326 g/mol. The highest BCUT2D eigenvalue weighted by atomic mass is 16.7. The number of ether oxygens (including phenoxy) is 2. The van der Waals surface area contributed by atoms with Crippen LogP contribution in [0, 0.1) is 10.1 Å². The van der Waals surface area contributed by atoms with Gasteiger partial charge in [-0.15, -0.1) is 0 Å². The van der Waals surface area contributed by atoms with E-state index in [1.807, 2.05) is 0 Å². The number of carbonyl (C=O) groups is 1. The first-order chi connectivity index (χ1) is 12.1. The minimum absolute atomic E-state index is 0.00320. The lowest BCUT2D eigenvalue weighted by Gasteiger charge is -2.01. The van der Waals surface area contributed by atoms with Gasteiger partial charge in [-0.25, -0.2) is 5.43 Å². The van der Waals surface area contributed by atoms with Crippen molar-refractivity contribution in [3.05, 3.63) is 69.8 Å². The van der Waals surface area contributed by atoms with E-state index in [1.54, 1.807) is 36.4 Å². The molecule has 0 saturated carbocycles. The second kappa shape index (κ2) is 7.26. The lowest BCUT2D eigenvalue weighted by molar-refractivity contribution is -0.385. The summed E-state index contributed by atoms with van der Waals surface area (Å²) in [6.45, 7) is 0.134. The molecule has 1 amide bonds.